The minimum Gasteiger partial charge on any atom is -0.313 e. The highest BCUT2D eigenvalue weighted by Crippen LogP contribution is 2.29. The molecule has 1 aromatic rings. The highest BCUT2D eigenvalue weighted by molar-refractivity contribution is 7.98. The monoisotopic (exact) mass is 370 g/mol. The summed E-state index contributed by atoms with van der Waals surface area (Å²) in [6.07, 6.45) is 2.90. The summed E-state index contributed by atoms with van der Waals surface area (Å²) in [6, 6.07) is 3.07. The van der Waals surface area contributed by atoms with Crippen LogP contribution in [0.1, 0.15) is 18.9 Å². The van der Waals surface area contributed by atoms with Crippen LogP contribution in [0.4, 0.5) is 0 Å². The van der Waals surface area contributed by atoms with Gasteiger partial charge in [0.25, 0.3) is 0 Å². The van der Waals surface area contributed by atoms with Crippen molar-refractivity contribution in [3.63, 3.8) is 0 Å². The second kappa shape index (κ2) is 9.22. The van der Waals surface area contributed by atoms with Crippen LogP contribution in [0, 0.1) is 0 Å². The van der Waals surface area contributed by atoms with Crippen LogP contribution in [0.2, 0.25) is 10.0 Å². The van der Waals surface area contributed by atoms with E-state index in [0.29, 0.717) is 29.4 Å². The van der Waals surface area contributed by atoms with Crippen molar-refractivity contribution < 1.29 is 8.42 Å². The first-order valence-corrected chi connectivity index (χ1v) is 10.2. The summed E-state index contributed by atoms with van der Waals surface area (Å²) in [5.41, 5.74) is 0.683. The number of halogens is 2. The van der Waals surface area contributed by atoms with Gasteiger partial charge in [0.15, 0.2) is 0 Å². The van der Waals surface area contributed by atoms with Crippen LogP contribution < -0.4 is 10.0 Å². The summed E-state index contributed by atoms with van der Waals surface area (Å²) in [4.78, 5) is 0.0334. The van der Waals surface area contributed by atoms with E-state index in [-0.39, 0.29) is 9.92 Å². The summed E-state index contributed by atoms with van der Waals surface area (Å²) in [5, 5.41) is 3.77. The van der Waals surface area contributed by atoms with Crippen LogP contribution in [0.15, 0.2) is 17.0 Å². The molecule has 1 aromatic carbocycles. The third-order valence-corrected chi connectivity index (χ3v) is 5.58. The molecule has 0 radical (unpaired) electrons. The van der Waals surface area contributed by atoms with Crippen LogP contribution in [0.25, 0.3) is 0 Å². The normalized spacial score (nSPS) is 11.8. The van der Waals surface area contributed by atoms with Crippen LogP contribution in [-0.2, 0) is 16.6 Å². The molecule has 0 spiro atoms. The van der Waals surface area contributed by atoms with E-state index in [1.165, 1.54) is 6.07 Å². The van der Waals surface area contributed by atoms with Crippen LogP contribution in [0.3, 0.4) is 0 Å². The Morgan fingerprint density at radius 1 is 1.24 bits per heavy atom. The van der Waals surface area contributed by atoms with Crippen molar-refractivity contribution in [3.05, 3.63) is 27.7 Å². The second-order valence-electron chi connectivity index (χ2n) is 4.44. The molecular weight excluding hydrogens is 351 g/mol. The van der Waals surface area contributed by atoms with Crippen molar-refractivity contribution in [1.82, 2.24) is 10.0 Å². The Hall–Kier alpha value is 0.0200. The molecule has 0 aliphatic heterocycles. The van der Waals surface area contributed by atoms with E-state index in [1.807, 2.05) is 6.26 Å². The van der Waals surface area contributed by atoms with E-state index in [4.69, 9.17) is 23.2 Å². The van der Waals surface area contributed by atoms with E-state index in [1.54, 1.807) is 17.8 Å². The quantitative estimate of drug-likeness (QED) is 0.655. The first-order chi connectivity index (χ1) is 9.92. The Morgan fingerprint density at radius 3 is 2.57 bits per heavy atom. The van der Waals surface area contributed by atoms with Crippen molar-refractivity contribution in [1.29, 1.82) is 0 Å². The first kappa shape index (κ1) is 19.1. The average Bonchev–Trinajstić information content (AvgIpc) is 2.42. The lowest BCUT2D eigenvalue weighted by Crippen LogP contribution is -2.26. The highest BCUT2D eigenvalue weighted by Gasteiger charge is 2.20. The topological polar surface area (TPSA) is 58.2 Å². The predicted octanol–water partition coefficient (Wildman–Crippen LogP) is 3.13. The van der Waals surface area contributed by atoms with E-state index in [9.17, 15) is 8.42 Å². The lowest BCUT2D eigenvalue weighted by molar-refractivity contribution is 0.584. The highest BCUT2D eigenvalue weighted by atomic mass is 35.5. The van der Waals surface area contributed by atoms with Crippen LogP contribution in [-0.4, -0.2) is 33.5 Å². The van der Waals surface area contributed by atoms with Gasteiger partial charge in [-0.25, -0.2) is 13.1 Å². The van der Waals surface area contributed by atoms with Gasteiger partial charge in [0.1, 0.15) is 4.90 Å². The fourth-order valence-corrected chi connectivity index (χ4v) is 4.10. The zero-order valence-corrected chi connectivity index (χ0v) is 15.2. The lowest BCUT2D eigenvalue weighted by atomic mass is 10.2. The molecule has 0 saturated heterocycles. The number of hydrogen-bond donors (Lipinski definition) is 2. The van der Waals surface area contributed by atoms with Gasteiger partial charge in [0.05, 0.1) is 5.02 Å². The number of hydrogen-bond acceptors (Lipinski definition) is 4. The summed E-state index contributed by atoms with van der Waals surface area (Å²) in [7, 11) is -3.65. The predicted molar refractivity (Wildman–Crippen MR) is 92.0 cm³/mol. The molecule has 0 aromatic heterocycles. The van der Waals surface area contributed by atoms with Gasteiger partial charge in [-0.1, -0.05) is 30.1 Å². The molecule has 0 bridgehead atoms. The maximum absolute atomic E-state index is 12.3. The number of nitrogens with one attached hydrogen (secondary N) is 2. The van der Waals surface area contributed by atoms with Gasteiger partial charge in [-0.3, -0.25) is 0 Å². The molecule has 1 rings (SSSR count). The largest absolute Gasteiger partial charge is 0.313 e. The number of benzene rings is 1. The molecule has 0 amide bonds. The molecule has 0 aliphatic rings. The maximum atomic E-state index is 12.3. The molecular formula is C13H20Cl2N2O2S2. The van der Waals surface area contributed by atoms with E-state index >= 15 is 0 Å². The zero-order chi connectivity index (χ0) is 15.9. The molecule has 21 heavy (non-hydrogen) atoms. The van der Waals surface area contributed by atoms with Gasteiger partial charge >= 0.3 is 0 Å². The van der Waals surface area contributed by atoms with Gasteiger partial charge in [-0.15, -0.1) is 0 Å². The maximum Gasteiger partial charge on any atom is 0.242 e. The van der Waals surface area contributed by atoms with Gasteiger partial charge in [0, 0.05) is 23.9 Å². The average molecular weight is 371 g/mol. The lowest BCUT2D eigenvalue weighted by Gasteiger charge is -2.12. The molecule has 0 unspecified atom stereocenters. The smallest absolute Gasteiger partial charge is 0.242 e. The third-order valence-electron chi connectivity index (χ3n) is 2.71. The molecule has 0 heterocycles. The van der Waals surface area contributed by atoms with Crippen molar-refractivity contribution in [2.24, 2.45) is 0 Å². The number of thioether (sulfide) groups is 1. The summed E-state index contributed by atoms with van der Waals surface area (Å²) < 4.78 is 27.1. The molecule has 120 valence electrons. The van der Waals surface area contributed by atoms with Crippen LogP contribution in [0.5, 0.6) is 0 Å². The Balaban J connectivity index is 3.01. The van der Waals surface area contributed by atoms with E-state index in [0.717, 1.165) is 13.0 Å². The van der Waals surface area contributed by atoms with Crippen molar-refractivity contribution in [2.45, 2.75) is 24.8 Å². The molecule has 4 nitrogen and oxygen atoms in total. The molecule has 8 heteroatoms. The van der Waals surface area contributed by atoms with Gasteiger partial charge in [-0.2, -0.15) is 11.8 Å². The van der Waals surface area contributed by atoms with Gasteiger partial charge < -0.3 is 5.32 Å². The zero-order valence-electron chi connectivity index (χ0n) is 12.1. The molecule has 2 N–H and O–H groups in total. The Kier molecular flexibility index (Phi) is 8.38. The summed E-state index contributed by atoms with van der Waals surface area (Å²) in [5.74, 6) is 0.697. The fraction of sp³-hybridized carbons (Fsp3) is 0.538. The third kappa shape index (κ3) is 5.96. The van der Waals surface area contributed by atoms with Crippen molar-refractivity contribution in [2.75, 3.05) is 25.1 Å². The SMILES string of the molecule is CCCNCc1cc(Cl)cc(S(=O)(=O)NCCSC)c1Cl. The molecule has 0 saturated carbocycles. The molecule has 0 atom stereocenters. The second-order valence-corrected chi connectivity index (χ2v) is 7.98. The van der Waals surface area contributed by atoms with Gasteiger partial charge in [0.2, 0.25) is 10.0 Å². The van der Waals surface area contributed by atoms with Crippen molar-refractivity contribution in [3.8, 4) is 0 Å². The standard InChI is InChI=1S/C13H20Cl2N2O2S2/c1-3-4-16-9-10-7-11(14)8-12(13(10)15)21(18,19)17-5-6-20-2/h7-8,16-17H,3-6,9H2,1-2H3. The Bertz CT molecular complexity index is 566. The minimum absolute atomic E-state index is 0.0334. The number of rotatable bonds is 9. The van der Waals surface area contributed by atoms with Crippen LogP contribution >= 0.6 is 35.0 Å². The summed E-state index contributed by atoms with van der Waals surface area (Å²) >= 11 is 13.8. The minimum atomic E-state index is -3.65. The Morgan fingerprint density at radius 2 is 1.95 bits per heavy atom. The van der Waals surface area contributed by atoms with E-state index in [2.05, 4.69) is 17.0 Å². The molecule has 0 fully saturated rings. The molecule has 0 aliphatic carbocycles. The first-order valence-electron chi connectivity index (χ1n) is 6.59. The summed E-state index contributed by atoms with van der Waals surface area (Å²) in [6.45, 7) is 3.73. The fourth-order valence-electron chi connectivity index (χ4n) is 1.70. The Labute approximate surface area is 141 Å². The number of sulfonamides is 1. The van der Waals surface area contributed by atoms with E-state index < -0.39 is 10.0 Å². The van der Waals surface area contributed by atoms with Crippen molar-refractivity contribution >= 4 is 45.0 Å². The van der Waals surface area contributed by atoms with Gasteiger partial charge in [-0.05, 0) is 36.9 Å².